The monoisotopic (exact) mass is 331 g/mol. The van der Waals surface area contributed by atoms with Crippen molar-refractivity contribution in [1.29, 1.82) is 0 Å². The fraction of sp³-hybridized carbons (Fsp3) is 0.333. The highest BCUT2D eigenvalue weighted by atomic mass is 35.5. The van der Waals surface area contributed by atoms with E-state index >= 15 is 0 Å². The second-order valence-corrected chi connectivity index (χ2v) is 6.68. The Balaban J connectivity index is 2.15. The van der Waals surface area contributed by atoms with Crippen LogP contribution in [0.1, 0.15) is 12.8 Å². The molecule has 1 heterocycles. The first-order valence-electron chi connectivity index (χ1n) is 6.17. The molecule has 21 heavy (non-hydrogen) atoms. The SMILES string of the molecule is NS(=O)(=O)c1ccc(Cl)c(NC(=O)C2CCC(=O)NC2)c1. The minimum absolute atomic E-state index is 0.0895. The number of benzene rings is 1. The van der Waals surface area contributed by atoms with Gasteiger partial charge in [0.05, 0.1) is 21.5 Å². The van der Waals surface area contributed by atoms with Crippen LogP contribution in [0.2, 0.25) is 5.02 Å². The summed E-state index contributed by atoms with van der Waals surface area (Å²) in [4.78, 5) is 23.0. The first-order chi connectivity index (χ1) is 9.77. The molecular weight excluding hydrogens is 318 g/mol. The molecule has 1 saturated heterocycles. The summed E-state index contributed by atoms with van der Waals surface area (Å²) in [7, 11) is -3.88. The molecule has 0 saturated carbocycles. The summed E-state index contributed by atoms with van der Waals surface area (Å²) in [5.41, 5.74) is 0.171. The topological polar surface area (TPSA) is 118 Å². The van der Waals surface area contributed by atoms with Crippen LogP contribution in [-0.2, 0) is 19.6 Å². The Bertz CT molecular complexity index is 680. The third-order valence-electron chi connectivity index (χ3n) is 3.16. The zero-order valence-electron chi connectivity index (χ0n) is 10.9. The molecule has 1 atom stereocenters. The smallest absolute Gasteiger partial charge is 0.238 e. The lowest BCUT2D eigenvalue weighted by molar-refractivity contribution is -0.126. The van der Waals surface area contributed by atoms with Crippen LogP contribution in [0.25, 0.3) is 0 Å². The van der Waals surface area contributed by atoms with Crippen LogP contribution in [0.3, 0.4) is 0 Å². The predicted octanol–water partition coefficient (Wildman–Crippen LogP) is 0.452. The van der Waals surface area contributed by atoms with Crippen molar-refractivity contribution in [3.63, 3.8) is 0 Å². The van der Waals surface area contributed by atoms with Crippen molar-refractivity contribution in [2.75, 3.05) is 11.9 Å². The molecule has 7 nitrogen and oxygen atoms in total. The van der Waals surface area contributed by atoms with Gasteiger partial charge in [-0.3, -0.25) is 9.59 Å². The number of amides is 2. The number of piperidine rings is 1. The Labute approximate surface area is 126 Å². The summed E-state index contributed by atoms with van der Waals surface area (Å²) in [6, 6.07) is 3.81. The molecule has 1 aromatic rings. The number of hydrogen-bond donors (Lipinski definition) is 3. The zero-order valence-corrected chi connectivity index (χ0v) is 12.5. The number of hydrogen-bond acceptors (Lipinski definition) is 4. The second-order valence-electron chi connectivity index (χ2n) is 4.72. The van der Waals surface area contributed by atoms with Gasteiger partial charge in [0.15, 0.2) is 0 Å². The van der Waals surface area contributed by atoms with Crippen molar-refractivity contribution in [3.05, 3.63) is 23.2 Å². The summed E-state index contributed by atoms with van der Waals surface area (Å²) in [6.07, 6.45) is 0.715. The molecule has 1 aliphatic heterocycles. The minimum atomic E-state index is -3.88. The number of primary sulfonamides is 1. The number of nitrogens with two attached hydrogens (primary N) is 1. The highest BCUT2D eigenvalue weighted by Gasteiger charge is 2.25. The molecular formula is C12H14ClN3O4S. The number of nitrogens with one attached hydrogen (secondary N) is 2. The van der Waals surface area contributed by atoms with Crippen LogP contribution in [0.4, 0.5) is 5.69 Å². The molecule has 2 amide bonds. The second kappa shape index (κ2) is 6.00. The van der Waals surface area contributed by atoms with Gasteiger partial charge in [0.2, 0.25) is 21.8 Å². The summed E-state index contributed by atoms with van der Waals surface area (Å²) in [5.74, 6) is -0.798. The normalized spacial score (nSPS) is 19.0. The van der Waals surface area contributed by atoms with Gasteiger partial charge in [-0.25, -0.2) is 13.6 Å². The van der Waals surface area contributed by atoms with Crippen LogP contribution < -0.4 is 15.8 Å². The van der Waals surface area contributed by atoms with Crippen LogP contribution in [-0.4, -0.2) is 26.8 Å². The number of carbonyl (C=O) groups is 2. The van der Waals surface area contributed by atoms with Crippen molar-refractivity contribution in [1.82, 2.24) is 5.32 Å². The Kier molecular flexibility index (Phi) is 4.50. The Morgan fingerprint density at radius 2 is 2.14 bits per heavy atom. The van der Waals surface area contributed by atoms with Gasteiger partial charge in [0, 0.05) is 13.0 Å². The van der Waals surface area contributed by atoms with Crippen molar-refractivity contribution in [2.45, 2.75) is 17.7 Å². The fourth-order valence-corrected chi connectivity index (χ4v) is 2.67. The van der Waals surface area contributed by atoms with Gasteiger partial charge < -0.3 is 10.6 Å². The van der Waals surface area contributed by atoms with Gasteiger partial charge in [0.25, 0.3) is 0 Å². The van der Waals surface area contributed by atoms with E-state index in [9.17, 15) is 18.0 Å². The Hall–Kier alpha value is -1.64. The lowest BCUT2D eigenvalue weighted by atomic mass is 9.98. The molecule has 0 spiro atoms. The van der Waals surface area contributed by atoms with E-state index in [-0.39, 0.29) is 46.3 Å². The van der Waals surface area contributed by atoms with E-state index in [0.29, 0.717) is 6.42 Å². The van der Waals surface area contributed by atoms with E-state index in [2.05, 4.69) is 10.6 Å². The van der Waals surface area contributed by atoms with E-state index < -0.39 is 10.0 Å². The third kappa shape index (κ3) is 3.93. The number of rotatable bonds is 3. The highest BCUT2D eigenvalue weighted by molar-refractivity contribution is 7.89. The van der Waals surface area contributed by atoms with Crippen LogP contribution >= 0.6 is 11.6 Å². The number of halogens is 1. The maximum absolute atomic E-state index is 12.1. The van der Waals surface area contributed by atoms with Gasteiger partial charge in [-0.1, -0.05) is 11.6 Å². The number of carbonyl (C=O) groups excluding carboxylic acids is 2. The first kappa shape index (κ1) is 15.7. The Morgan fingerprint density at radius 1 is 1.43 bits per heavy atom. The molecule has 1 aromatic carbocycles. The van der Waals surface area contributed by atoms with Crippen molar-refractivity contribution >= 4 is 39.1 Å². The fourth-order valence-electron chi connectivity index (χ4n) is 1.97. The van der Waals surface area contributed by atoms with Gasteiger partial charge in [-0.2, -0.15) is 0 Å². The van der Waals surface area contributed by atoms with E-state index in [1.807, 2.05) is 0 Å². The average molecular weight is 332 g/mol. The van der Waals surface area contributed by atoms with Gasteiger partial charge in [-0.05, 0) is 24.6 Å². The Morgan fingerprint density at radius 3 is 2.71 bits per heavy atom. The van der Waals surface area contributed by atoms with E-state index in [1.54, 1.807) is 0 Å². The zero-order chi connectivity index (χ0) is 15.6. The molecule has 1 unspecified atom stereocenters. The summed E-state index contributed by atoms with van der Waals surface area (Å²) >= 11 is 5.93. The third-order valence-corrected chi connectivity index (χ3v) is 4.40. The summed E-state index contributed by atoms with van der Waals surface area (Å²) in [6.45, 7) is 0.247. The largest absolute Gasteiger partial charge is 0.355 e. The molecule has 9 heteroatoms. The van der Waals surface area contributed by atoms with E-state index in [1.165, 1.54) is 18.2 Å². The molecule has 1 aliphatic rings. The molecule has 4 N–H and O–H groups in total. The average Bonchev–Trinajstić information content (AvgIpc) is 2.40. The highest BCUT2D eigenvalue weighted by Crippen LogP contribution is 2.26. The molecule has 0 radical (unpaired) electrons. The van der Waals surface area contributed by atoms with E-state index in [0.717, 1.165) is 0 Å². The lowest BCUT2D eigenvalue weighted by Crippen LogP contribution is -2.40. The lowest BCUT2D eigenvalue weighted by Gasteiger charge is -2.22. The molecule has 0 aliphatic carbocycles. The molecule has 2 rings (SSSR count). The van der Waals surface area contributed by atoms with Crippen LogP contribution in [0, 0.1) is 5.92 Å². The predicted molar refractivity (Wildman–Crippen MR) is 77.2 cm³/mol. The van der Waals surface area contributed by atoms with Crippen LogP contribution in [0.5, 0.6) is 0 Å². The standard InChI is InChI=1S/C12H14ClN3O4S/c13-9-3-2-8(21(14,19)20)5-10(9)16-12(18)7-1-4-11(17)15-6-7/h2-3,5,7H,1,4,6H2,(H,15,17)(H,16,18)(H2,14,19,20). The number of anilines is 1. The minimum Gasteiger partial charge on any atom is -0.355 e. The summed E-state index contributed by atoms with van der Waals surface area (Å²) < 4.78 is 22.6. The molecule has 114 valence electrons. The molecule has 0 aromatic heterocycles. The van der Waals surface area contributed by atoms with E-state index in [4.69, 9.17) is 16.7 Å². The van der Waals surface area contributed by atoms with Crippen molar-refractivity contribution < 1.29 is 18.0 Å². The van der Waals surface area contributed by atoms with Gasteiger partial charge in [0.1, 0.15) is 0 Å². The maximum atomic E-state index is 12.1. The van der Waals surface area contributed by atoms with Gasteiger partial charge in [-0.15, -0.1) is 0 Å². The molecule has 1 fully saturated rings. The quantitative estimate of drug-likeness (QED) is 0.745. The van der Waals surface area contributed by atoms with Gasteiger partial charge >= 0.3 is 0 Å². The first-order valence-corrected chi connectivity index (χ1v) is 8.09. The summed E-state index contributed by atoms with van der Waals surface area (Å²) in [5, 5.41) is 10.4. The molecule has 0 bridgehead atoms. The van der Waals surface area contributed by atoms with Crippen molar-refractivity contribution in [2.24, 2.45) is 11.1 Å². The number of sulfonamides is 1. The van der Waals surface area contributed by atoms with Crippen LogP contribution in [0.15, 0.2) is 23.1 Å². The van der Waals surface area contributed by atoms with Crippen molar-refractivity contribution in [3.8, 4) is 0 Å². The maximum Gasteiger partial charge on any atom is 0.238 e.